The molecule has 0 unspecified atom stereocenters. The van der Waals surface area contributed by atoms with Gasteiger partial charge in [0.05, 0.1) is 6.21 Å². The standard InChI is InChI=1S/C21H26N6OS/c28-11-6-12-29-20-13-19(27-9-4-1-5-10-27)24-21(25-20)26-23-15-16-14-22-18-8-3-2-7-17(16)18/h2-3,7-8,13-15,22,28H,1,4-6,9-12H2,(H,24,25,26)/b23-15+. The number of aliphatic hydroxyl groups excluding tert-OH is 1. The number of piperidine rings is 1. The lowest BCUT2D eigenvalue weighted by Gasteiger charge is -2.28. The number of aliphatic hydroxyl groups is 1. The van der Waals surface area contributed by atoms with Gasteiger partial charge in [0.25, 0.3) is 0 Å². The molecule has 4 rings (SSSR count). The molecule has 1 aliphatic heterocycles. The lowest BCUT2D eigenvalue weighted by molar-refractivity contribution is 0.296. The summed E-state index contributed by atoms with van der Waals surface area (Å²) in [5.41, 5.74) is 5.10. The van der Waals surface area contributed by atoms with E-state index in [0.29, 0.717) is 5.95 Å². The van der Waals surface area contributed by atoms with Gasteiger partial charge in [0.1, 0.15) is 10.8 Å². The highest BCUT2D eigenvalue weighted by Gasteiger charge is 2.15. The number of H-pyrrole nitrogens is 1. The van der Waals surface area contributed by atoms with Crippen molar-refractivity contribution in [2.45, 2.75) is 30.7 Å². The van der Waals surface area contributed by atoms with Gasteiger partial charge in [-0.2, -0.15) is 10.1 Å². The molecule has 152 valence electrons. The molecular weight excluding hydrogens is 384 g/mol. The van der Waals surface area contributed by atoms with Crippen molar-refractivity contribution in [3.05, 3.63) is 42.1 Å². The lowest BCUT2D eigenvalue weighted by atomic mass is 10.1. The van der Waals surface area contributed by atoms with Gasteiger partial charge in [0.15, 0.2) is 0 Å². The van der Waals surface area contributed by atoms with E-state index in [-0.39, 0.29) is 6.61 Å². The van der Waals surface area contributed by atoms with E-state index in [1.165, 1.54) is 19.3 Å². The molecule has 0 atom stereocenters. The van der Waals surface area contributed by atoms with Crippen molar-refractivity contribution in [2.24, 2.45) is 5.10 Å². The van der Waals surface area contributed by atoms with Crippen molar-refractivity contribution in [3.8, 4) is 0 Å². The highest BCUT2D eigenvalue weighted by Crippen LogP contribution is 2.25. The maximum atomic E-state index is 9.05. The number of thioether (sulfide) groups is 1. The van der Waals surface area contributed by atoms with Crippen LogP contribution in [0.4, 0.5) is 11.8 Å². The van der Waals surface area contributed by atoms with Crippen LogP contribution in [0.1, 0.15) is 31.2 Å². The zero-order chi connectivity index (χ0) is 19.9. The molecule has 0 bridgehead atoms. The quantitative estimate of drug-likeness (QED) is 0.172. The third kappa shape index (κ3) is 5.07. The van der Waals surface area contributed by atoms with Gasteiger partial charge in [-0.15, -0.1) is 11.8 Å². The van der Waals surface area contributed by atoms with Crippen LogP contribution < -0.4 is 10.3 Å². The van der Waals surface area contributed by atoms with Gasteiger partial charge >= 0.3 is 0 Å². The molecule has 0 saturated carbocycles. The molecule has 1 fully saturated rings. The zero-order valence-electron chi connectivity index (χ0n) is 16.3. The number of nitrogens with one attached hydrogen (secondary N) is 2. The smallest absolute Gasteiger partial charge is 0.246 e. The van der Waals surface area contributed by atoms with Crippen molar-refractivity contribution < 1.29 is 5.11 Å². The van der Waals surface area contributed by atoms with Gasteiger partial charge in [-0.25, -0.2) is 10.4 Å². The largest absolute Gasteiger partial charge is 0.396 e. The zero-order valence-corrected chi connectivity index (χ0v) is 17.2. The molecule has 0 spiro atoms. The maximum Gasteiger partial charge on any atom is 0.246 e. The van der Waals surface area contributed by atoms with Crippen LogP contribution in [0.5, 0.6) is 0 Å². The minimum Gasteiger partial charge on any atom is -0.396 e. The van der Waals surface area contributed by atoms with Crippen LogP contribution >= 0.6 is 11.8 Å². The van der Waals surface area contributed by atoms with Crippen LogP contribution in [0.25, 0.3) is 10.9 Å². The number of aromatic amines is 1. The van der Waals surface area contributed by atoms with Crippen LogP contribution in [0.2, 0.25) is 0 Å². The van der Waals surface area contributed by atoms with E-state index in [0.717, 1.165) is 52.6 Å². The van der Waals surface area contributed by atoms with Crippen LogP contribution in [-0.4, -0.2) is 51.7 Å². The summed E-state index contributed by atoms with van der Waals surface area (Å²) in [7, 11) is 0. The number of aromatic nitrogens is 3. The number of hydrogen-bond donors (Lipinski definition) is 3. The number of benzene rings is 1. The molecule has 1 aromatic carbocycles. The van der Waals surface area contributed by atoms with E-state index in [9.17, 15) is 0 Å². The molecule has 1 aliphatic rings. The first-order valence-electron chi connectivity index (χ1n) is 10.1. The maximum absolute atomic E-state index is 9.05. The normalized spacial score (nSPS) is 14.7. The number of nitrogens with zero attached hydrogens (tertiary/aromatic N) is 4. The fourth-order valence-electron chi connectivity index (χ4n) is 3.42. The second kappa shape index (κ2) is 9.76. The Morgan fingerprint density at radius 2 is 2.07 bits per heavy atom. The summed E-state index contributed by atoms with van der Waals surface area (Å²) in [5, 5.41) is 15.4. The number of fused-ring (bicyclic) bond motifs is 1. The van der Waals surface area contributed by atoms with E-state index in [2.05, 4.69) is 36.4 Å². The van der Waals surface area contributed by atoms with Gasteiger partial charge in [-0.3, -0.25) is 0 Å². The Balaban J connectivity index is 1.52. The molecule has 7 nitrogen and oxygen atoms in total. The monoisotopic (exact) mass is 410 g/mol. The van der Waals surface area contributed by atoms with Gasteiger partial charge in [-0.05, 0) is 31.7 Å². The Morgan fingerprint density at radius 1 is 1.21 bits per heavy atom. The third-order valence-corrected chi connectivity index (χ3v) is 5.91. The Kier molecular flexibility index (Phi) is 6.63. The van der Waals surface area contributed by atoms with Gasteiger partial charge < -0.3 is 15.0 Å². The third-order valence-electron chi connectivity index (χ3n) is 4.91. The highest BCUT2D eigenvalue weighted by molar-refractivity contribution is 7.99. The van der Waals surface area contributed by atoms with Gasteiger partial charge in [0.2, 0.25) is 5.95 Å². The van der Waals surface area contributed by atoms with E-state index < -0.39 is 0 Å². The summed E-state index contributed by atoms with van der Waals surface area (Å²) in [6.07, 6.45) is 8.14. The second-order valence-electron chi connectivity index (χ2n) is 7.02. The molecule has 29 heavy (non-hydrogen) atoms. The predicted molar refractivity (Wildman–Crippen MR) is 120 cm³/mol. The average Bonchev–Trinajstić information content (AvgIpc) is 3.18. The van der Waals surface area contributed by atoms with Crippen molar-refractivity contribution in [1.29, 1.82) is 0 Å². The molecule has 3 N–H and O–H groups in total. The van der Waals surface area contributed by atoms with E-state index in [1.807, 2.05) is 30.5 Å². The van der Waals surface area contributed by atoms with E-state index in [4.69, 9.17) is 5.11 Å². The minimum atomic E-state index is 0.192. The molecule has 1 saturated heterocycles. The number of hydrogen-bond acceptors (Lipinski definition) is 7. The lowest BCUT2D eigenvalue weighted by Crippen LogP contribution is -2.30. The van der Waals surface area contributed by atoms with Crippen LogP contribution in [-0.2, 0) is 0 Å². The molecule has 2 aromatic heterocycles. The first-order valence-corrected chi connectivity index (χ1v) is 11.0. The summed E-state index contributed by atoms with van der Waals surface area (Å²) in [4.78, 5) is 14.8. The SMILES string of the molecule is OCCCSc1cc(N2CCCCC2)nc(N/N=C/c2c[nH]c3ccccc23)n1. The first kappa shape index (κ1) is 19.7. The Labute approximate surface area is 174 Å². The fraction of sp³-hybridized carbons (Fsp3) is 0.381. The number of hydrazone groups is 1. The summed E-state index contributed by atoms with van der Waals surface area (Å²) >= 11 is 1.64. The molecule has 0 aliphatic carbocycles. The average molecular weight is 411 g/mol. The van der Waals surface area contributed by atoms with Gasteiger partial charge in [-0.1, -0.05) is 18.2 Å². The summed E-state index contributed by atoms with van der Waals surface area (Å²) in [6.45, 7) is 2.24. The van der Waals surface area contributed by atoms with Gasteiger partial charge in [0, 0.05) is 54.2 Å². The van der Waals surface area contributed by atoms with E-state index in [1.54, 1.807) is 18.0 Å². The molecular formula is C21H26N6OS. The number of para-hydroxylation sites is 1. The highest BCUT2D eigenvalue weighted by atomic mass is 32.2. The molecule has 3 heterocycles. The Morgan fingerprint density at radius 3 is 2.93 bits per heavy atom. The number of anilines is 2. The van der Waals surface area contributed by atoms with Crippen LogP contribution in [0.3, 0.4) is 0 Å². The topological polar surface area (TPSA) is 89.4 Å². The van der Waals surface area contributed by atoms with Crippen molar-refractivity contribution in [3.63, 3.8) is 0 Å². The molecule has 0 radical (unpaired) electrons. The van der Waals surface area contributed by atoms with E-state index >= 15 is 0 Å². The Hall–Kier alpha value is -2.58. The molecule has 8 heteroatoms. The number of rotatable bonds is 8. The Bertz CT molecular complexity index is 967. The predicted octanol–water partition coefficient (Wildman–Crippen LogP) is 3.87. The molecule has 3 aromatic rings. The first-order chi connectivity index (χ1) is 14.3. The summed E-state index contributed by atoms with van der Waals surface area (Å²) < 4.78 is 0. The summed E-state index contributed by atoms with van der Waals surface area (Å²) in [5.74, 6) is 2.26. The van der Waals surface area contributed by atoms with Crippen LogP contribution in [0, 0.1) is 0 Å². The fourth-order valence-corrected chi connectivity index (χ4v) is 4.25. The van der Waals surface area contributed by atoms with Crippen molar-refractivity contribution in [1.82, 2.24) is 15.0 Å². The molecule has 0 amide bonds. The van der Waals surface area contributed by atoms with Crippen molar-refractivity contribution in [2.75, 3.05) is 35.8 Å². The second-order valence-corrected chi connectivity index (χ2v) is 8.14. The van der Waals surface area contributed by atoms with Crippen molar-refractivity contribution >= 4 is 40.6 Å². The van der Waals surface area contributed by atoms with Crippen LogP contribution in [0.15, 0.2) is 46.7 Å². The summed E-state index contributed by atoms with van der Waals surface area (Å²) in [6, 6.07) is 10.2. The minimum absolute atomic E-state index is 0.192.